The third-order valence-corrected chi connectivity index (χ3v) is 21.5. The molecular weight excluding hydrogens is 725 g/mol. The Kier molecular flexibility index (Phi) is 16.2. The SMILES string of the molecule is C[C@H](C/C=C\[C@](O)(C[C@@H]1O[C@@H]2CO[C@@H](c3ccccc3)O[C@H]2CC[C@H]1O[Si](C)(C)C(C)(C)C)O[Si](C)(C)C(C)(C)C)[C@H](O)[C@@H](C)CCOCc1ccccc1. The largest absolute Gasteiger partial charge is 0.411 e. The van der Waals surface area contributed by atoms with Gasteiger partial charge in [-0.3, -0.25) is 0 Å². The number of hydrogen-bond donors (Lipinski definition) is 2. The highest BCUT2D eigenvalue weighted by Crippen LogP contribution is 2.44. The Bertz CT molecular complexity index is 1460. The van der Waals surface area contributed by atoms with Crippen molar-refractivity contribution in [3.8, 4) is 0 Å². The summed E-state index contributed by atoms with van der Waals surface area (Å²) >= 11 is 0. The zero-order valence-corrected chi connectivity index (χ0v) is 38.0. The minimum Gasteiger partial charge on any atom is -0.411 e. The molecule has 2 aromatic rings. The highest BCUT2D eigenvalue weighted by Gasteiger charge is 2.49. The second-order valence-corrected chi connectivity index (χ2v) is 28.8. The fourth-order valence-electron chi connectivity index (χ4n) is 6.84. The van der Waals surface area contributed by atoms with E-state index in [1.807, 2.05) is 60.7 Å². The number of benzene rings is 2. The Morgan fingerprint density at radius 1 is 0.818 bits per heavy atom. The average molecular weight is 799 g/mol. The molecule has 2 fully saturated rings. The van der Waals surface area contributed by atoms with E-state index in [4.69, 9.17) is 27.8 Å². The highest BCUT2D eigenvalue weighted by molar-refractivity contribution is 6.74. The highest BCUT2D eigenvalue weighted by atomic mass is 28.4. The summed E-state index contributed by atoms with van der Waals surface area (Å²) in [4.78, 5) is 0. The van der Waals surface area contributed by atoms with E-state index in [0.29, 0.717) is 26.2 Å². The molecule has 2 heterocycles. The van der Waals surface area contributed by atoms with E-state index in [1.54, 1.807) is 0 Å². The van der Waals surface area contributed by atoms with Gasteiger partial charge in [-0.25, -0.2) is 0 Å². The van der Waals surface area contributed by atoms with Gasteiger partial charge in [-0.15, -0.1) is 0 Å². The Morgan fingerprint density at radius 3 is 2.05 bits per heavy atom. The van der Waals surface area contributed by atoms with Crippen molar-refractivity contribution in [1.29, 1.82) is 0 Å². The van der Waals surface area contributed by atoms with Gasteiger partial charge in [-0.1, -0.05) is 122 Å². The van der Waals surface area contributed by atoms with Crippen molar-refractivity contribution in [1.82, 2.24) is 0 Å². The van der Waals surface area contributed by atoms with Crippen LogP contribution in [0.25, 0.3) is 0 Å². The summed E-state index contributed by atoms with van der Waals surface area (Å²) in [6.45, 7) is 27.9. The van der Waals surface area contributed by atoms with E-state index in [-0.39, 0.29) is 46.6 Å². The second kappa shape index (κ2) is 19.4. The van der Waals surface area contributed by atoms with E-state index in [9.17, 15) is 10.2 Å². The third kappa shape index (κ3) is 13.2. The van der Waals surface area contributed by atoms with Crippen molar-refractivity contribution in [3.05, 3.63) is 83.9 Å². The maximum absolute atomic E-state index is 12.7. The van der Waals surface area contributed by atoms with Gasteiger partial charge < -0.3 is 38.0 Å². The zero-order valence-electron chi connectivity index (χ0n) is 36.0. The molecule has 0 unspecified atom stereocenters. The molecular formula is C45H74O8Si2. The monoisotopic (exact) mass is 798 g/mol. The maximum Gasteiger partial charge on any atom is 0.196 e. The van der Waals surface area contributed by atoms with E-state index in [2.05, 4.69) is 93.7 Å². The molecule has 0 aromatic heterocycles. The fraction of sp³-hybridized carbons (Fsp3) is 0.689. The predicted molar refractivity (Wildman–Crippen MR) is 227 cm³/mol. The Balaban J connectivity index is 1.52. The number of rotatable bonds is 17. The predicted octanol–water partition coefficient (Wildman–Crippen LogP) is 10.3. The van der Waals surface area contributed by atoms with Crippen LogP contribution < -0.4 is 0 Å². The van der Waals surface area contributed by atoms with Gasteiger partial charge in [0.2, 0.25) is 0 Å². The Labute approximate surface area is 335 Å². The molecule has 4 rings (SSSR count). The summed E-state index contributed by atoms with van der Waals surface area (Å²) in [5, 5.41) is 23.8. The van der Waals surface area contributed by atoms with Gasteiger partial charge >= 0.3 is 0 Å². The molecule has 2 N–H and O–H groups in total. The molecule has 0 saturated carbocycles. The smallest absolute Gasteiger partial charge is 0.196 e. The standard InChI is InChI=1S/C45H74O8Si2/c1-33(41(46)34(2)27-29-48-31-35-21-15-13-16-22-35)20-19-28-45(47,53-55(11,12)44(6,7)8)30-39-38(52-54(9,10)43(3,4)5)26-25-37-40(50-39)32-49-42(51-37)36-23-17-14-18-24-36/h13-19,21-24,28,33-34,37-42,46-47H,20,25-27,29-32H2,1-12H3/b28-19-/t33-,34+,37+,38-,39+,40-,41+,42-,45-/m1/s1. The first-order chi connectivity index (χ1) is 25.6. The normalized spacial score (nSPS) is 25.8. The molecule has 0 amide bonds. The Hall–Kier alpha value is -1.71. The summed E-state index contributed by atoms with van der Waals surface area (Å²) in [5.41, 5.74) is 2.13. The van der Waals surface area contributed by atoms with E-state index < -0.39 is 40.9 Å². The molecule has 8 nitrogen and oxygen atoms in total. The van der Waals surface area contributed by atoms with Crippen LogP contribution in [0.2, 0.25) is 36.3 Å². The number of ether oxygens (including phenoxy) is 4. The van der Waals surface area contributed by atoms with Gasteiger partial charge in [-0.2, -0.15) is 0 Å². The second-order valence-electron chi connectivity index (χ2n) is 19.3. The van der Waals surface area contributed by atoms with Gasteiger partial charge in [0, 0.05) is 18.6 Å². The average Bonchev–Trinajstić information content (AvgIpc) is 3.27. The number of aliphatic hydroxyl groups is 2. The minimum atomic E-state index is -2.48. The first-order valence-electron chi connectivity index (χ1n) is 20.7. The molecule has 0 bridgehead atoms. The van der Waals surface area contributed by atoms with Crippen LogP contribution in [0, 0.1) is 11.8 Å². The van der Waals surface area contributed by atoms with Crippen LogP contribution in [-0.4, -0.2) is 76.4 Å². The zero-order chi connectivity index (χ0) is 40.7. The molecule has 10 heteroatoms. The van der Waals surface area contributed by atoms with Crippen molar-refractivity contribution < 1.29 is 38.0 Å². The Morgan fingerprint density at radius 2 is 1.44 bits per heavy atom. The summed E-state index contributed by atoms with van der Waals surface area (Å²) in [7, 11) is -4.72. The van der Waals surface area contributed by atoms with Crippen LogP contribution in [-0.2, 0) is 34.4 Å². The number of aliphatic hydroxyl groups excluding tert-OH is 1. The molecule has 9 atom stereocenters. The number of allylic oxidation sites excluding steroid dienone is 1. The fourth-order valence-corrected chi connectivity index (χ4v) is 9.56. The van der Waals surface area contributed by atoms with Gasteiger partial charge in [0.05, 0.1) is 37.6 Å². The van der Waals surface area contributed by atoms with Crippen molar-refractivity contribution in [2.75, 3.05) is 13.2 Å². The molecule has 310 valence electrons. The van der Waals surface area contributed by atoms with Crippen molar-refractivity contribution in [2.45, 2.75) is 173 Å². The summed E-state index contributed by atoms with van der Waals surface area (Å²) in [5.74, 6) is -1.59. The molecule has 55 heavy (non-hydrogen) atoms. The van der Waals surface area contributed by atoms with Gasteiger partial charge in [-0.05, 0) is 85.4 Å². The molecule has 2 aliphatic heterocycles. The van der Waals surface area contributed by atoms with Crippen LogP contribution in [0.5, 0.6) is 0 Å². The van der Waals surface area contributed by atoms with Crippen LogP contribution in [0.1, 0.15) is 105 Å². The number of fused-ring (bicyclic) bond motifs is 1. The van der Waals surface area contributed by atoms with Crippen LogP contribution in [0.4, 0.5) is 0 Å². The lowest BCUT2D eigenvalue weighted by Crippen LogP contribution is -2.53. The maximum atomic E-state index is 12.7. The summed E-state index contributed by atoms with van der Waals surface area (Å²) < 4.78 is 39.8. The lowest BCUT2D eigenvalue weighted by Gasteiger charge is -2.45. The number of hydrogen-bond acceptors (Lipinski definition) is 8. The topological polar surface area (TPSA) is 95.8 Å². The lowest BCUT2D eigenvalue weighted by molar-refractivity contribution is -0.274. The molecule has 0 radical (unpaired) electrons. The van der Waals surface area contributed by atoms with E-state index >= 15 is 0 Å². The van der Waals surface area contributed by atoms with Gasteiger partial charge in [0.25, 0.3) is 0 Å². The molecule has 0 spiro atoms. The van der Waals surface area contributed by atoms with Gasteiger partial charge in [0.1, 0.15) is 6.10 Å². The first kappa shape index (κ1) is 46.0. The quantitative estimate of drug-likeness (QED) is 0.0707. The van der Waals surface area contributed by atoms with Crippen LogP contribution in [0.3, 0.4) is 0 Å². The van der Waals surface area contributed by atoms with Crippen LogP contribution in [0.15, 0.2) is 72.8 Å². The third-order valence-electron chi connectivity index (χ3n) is 12.6. The van der Waals surface area contributed by atoms with Crippen molar-refractivity contribution in [3.63, 3.8) is 0 Å². The minimum absolute atomic E-state index is 0.00932. The van der Waals surface area contributed by atoms with E-state index in [1.165, 1.54) is 0 Å². The molecule has 0 aliphatic carbocycles. The van der Waals surface area contributed by atoms with Crippen LogP contribution >= 0.6 is 0 Å². The van der Waals surface area contributed by atoms with Crippen molar-refractivity contribution >= 4 is 16.6 Å². The molecule has 2 saturated heterocycles. The summed E-state index contributed by atoms with van der Waals surface area (Å²) in [6.07, 6.45) is 4.65. The lowest BCUT2D eigenvalue weighted by atomic mass is 9.89. The van der Waals surface area contributed by atoms with E-state index in [0.717, 1.165) is 30.4 Å². The van der Waals surface area contributed by atoms with Gasteiger partial charge in [0.15, 0.2) is 28.7 Å². The van der Waals surface area contributed by atoms with Crippen molar-refractivity contribution in [2.24, 2.45) is 11.8 Å². The molecule has 2 aliphatic rings. The molecule has 2 aromatic carbocycles. The summed E-state index contributed by atoms with van der Waals surface area (Å²) in [6, 6.07) is 20.2. The first-order valence-corrected chi connectivity index (χ1v) is 26.5.